The second-order valence-corrected chi connectivity index (χ2v) is 7.07. The van der Waals surface area contributed by atoms with E-state index in [0.717, 1.165) is 16.8 Å². The molecule has 2 nitrogen and oxygen atoms in total. The third-order valence-electron chi connectivity index (χ3n) is 4.66. The Bertz CT molecular complexity index is 1160. The van der Waals surface area contributed by atoms with Crippen LogP contribution in [0, 0.1) is 0 Å². The summed E-state index contributed by atoms with van der Waals surface area (Å²) in [7, 11) is 0. The molecule has 0 saturated heterocycles. The molecule has 5 rings (SSSR count). The van der Waals surface area contributed by atoms with Crippen molar-refractivity contribution < 1.29 is 0 Å². The van der Waals surface area contributed by atoms with E-state index in [9.17, 15) is 0 Å². The molecule has 1 aromatic heterocycles. The van der Waals surface area contributed by atoms with Crippen molar-refractivity contribution in [3.8, 4) is 0 Å². The van der Waals surface area contributed by atoms with Crippen LogP contribution in [0.3, 0.4) is 0 Å². The highest BCUT2D eigenvalue weighted by molar-refractivity contribution is 9.11. The Morgan fingerprint density at radius 2 is 1.58 bits per heavy atom. The zero-order valence-electron chi connectivity index (χ0n) is 13.0. The van der Waals surface area contributed by atoms with E-state index in [1.54, 1.807) is 0 Å². The molecule has 0 unspecified atom stereocenters. The summed E-state index contributed by atoms with van der Waals surface area (Å²) in [5.41, 5.74) is 2.47. The Balaban J connectivity index is 1.98. The van der Waals surface area contributed by atoms with E-state index in [0.29, 0.717) is 0 Å². The topological polar surface area (TPSA) is 17.0 Å². The van der Waals surface area contributed by atoms with Gasteiger partial charge in [-0.25, -0.2) is 0 Å². The van der Waals surface area contributed by atoms with Crippen molar-refractivity contribution in [1.29, 1.82) is 0 Å². The van der Waals surface area contributed by atoms with Crippen molar-refractivity contribution in [1.82, 2.24) is 9.88 Å². The summed E-state index contributed by atoms with van der Waals surface area (Å²) in [6.45, 7) is 0.813. The van der Waals surface area contributed by atoms with Crippen LogP contribution in [0.5, 0.6) is 0 Å². The predicted molar refractivity (Wildman–Crippen MR) is 106 cm³/mol. The van der Waals surface area contributed by atoms with Gasteiger partial charge in [-0.3, -0.25) is 4.57 Å². The molecule has 116 valence electrons. The zero-order chi connectivity index (χ0) is 16.1. The quantitative estimate of drug-likeness (QED) is 0.456. The minimum atomic E-state index is 0.813. The van der Waals surface area contributed by atoms with Crippen LogP contribution in [0.15, 0.2) is 77.3 Å². The number of para-hydroxylation sites is 1. The molecule has 1 aliphatic heterocycles. The van der Waals surface area contributed by atoms with E-state index in [4.69, 9.17) is 0 Å². The molecule has 0 fully saturated rings. The molecule has 3 heteroatoms. The molecule has 0 aliphatic carbocycles. The number of benzene rings is 3. The molecular weight excluding hydrogens is 360 g/mol. The maximum absolute atomic E-state index is 3.56. The fourth-order valence-electron chi connectivity index (χ4n) is 3.61. The van der Waals surface area contributed by atoms with Crippen molar-refractivity contribution in [3.63, 3.8) is 0 Å². The lowest BCUT2D eigenvalue weighted by atomic mass is 10.0. The number of fused-ring (bicyclic) bond motifs is 5. The monoisotopic (exact) mass is 374 g/mol. The molecule has 24 heavy (non-hydrogen) atoms. The summed E-state index contributed by atoms with van der Waals surface area (Å²) >= 11 is 3.56. The summed E-state index contributed by atoms with van der Waals surface area (Å²) in [4.78, 5) is 0. The number of hydrogen-bond donors (Lipinski definition) is 1. The Hall–Kier alpha value is -2.52. The average Bonchev–Trinajstić information content (AvgIpc) is 2.97. The van der Waals surface area contributed by atoms with Crippen molar-refractivity contribution in [3.05, 3.63) is 77.3 Å². The molecule has 0 saturated carbocycles. The first-order valence-corrected chi connectivity index (χ1v) is 8.84. The lowest BCUT2D eigenvalue weighted by Gasteiger charge is -2.17. The number of nitrogens with zero attached hydrogens (tertiary/aromatic N) is 1. The maximum atomic E-state index is 3.56. The Labute approximate surface area is 148 Å². The largest absolute Gasteiger partial charge is 0.367 e. The van der Waals surface area contributed by atoms with Crippen molar-refractivity contribution in [2.75, 3.05) is 6.54 Å². The van der Waals surface area contributed by atoms with Crippen LogP contribution in [0.2, 0.25) is 0 Å². The molecule has 4 aromatic rings. The molecule has 1 N–H and O–H groups in total. The lowest BCUT2D eigenvalue weighted by Crippen LogP contribution is -2.20. The van der Waals surface area contributed by atoms with Gasteiger partial charge in [0.1, 0.15) is 5.82 Å². The van der Waals surface area contributed by atoms with Gasteiger partial charge in [-0.05, 0) is 35.1 Å². The van der Waals surface area contributed by atoms with Gasteiger partial charge in [0.25, 0.3) is 0 Å². The summed E-state index contributed by atoms with van der Waals surface area (Å²) in [5.74, 6) is 1.11. The molecule has 0 amide bonds. The first-order valence-electron chi connectivity index (χ1n) is 8.04. The van der Waals surface area contributed by atoms with Gasteiger partial charge in [0.2, 0.25) is 0 Å². The summed E-state index contributed by atoms with van der Waals surface area (Å²) in [6, 6.07) is 21.7. The van der Waals surface area contributed by atoms with E-state index < -0.39 is 0 Å². The number of allylic oxidation sites excluding steroid dienone is 2. The maximum Gasteiger partial charge on any atom is 0.111 e. The van der Waals surface area contributed by atoms with Gasteiger partial charge < -0.3 is 5.32 Å². The number of halogens is 1. The van der Waals surface area contributed by atoms with E-state index in [1.807, 2.05) is 0 Å². The standard InChI is InChI=1S/C21H15BrN2/c22-15-10-12-20(23-13-15)24-18-8-4-3-7-17(18)21-16-6-2-1-5-14(16)9-11-19(21)24/h1-12,23H,13H2. The van der Waals surface area contributed by atoms with Crippen LogP contribution in [0.4, 0.5) is 0 Å². The molecule has 0 radical (unpaired) electrons. The van der Waals surface area contributed by atoms with E-state index in [-0.39, 0.29) is 0 Å². The normalized spacial score (nSPS) is 14.7. The van der Waals surface area contributed by atoms with E-state index in [1.165, 1.54) is 32.6 Å². The number of hydrogen-bond acceptors (Lipinski definition) is 1. The summed E-state index contributed by atoms with van der Waals surface area (Å²) in [5, 5.41) is 8.71. The molecule has 2 heterocycles. The molecule has 1 aliphatic rings. The molecular formula is C21H15BrN2. The number of dihydropyridines is 1. The Morgan fingerprint density at radius 3 is 2.42 bits per heavy atom. The minimum absolute atomic E-state index is 0.813. The highest BCUT2D eigenvalue weighted by atomic mass is 79.9. The van der Waals surface area contributed by atoms with Crippen molar-refractivity contribution in [2.45, 2.75) is 0 Å². The first-order chi connectivity index (χ1) is 11.8. The van der Waals surface area contributed by atoms with E-state index >= 15 is 0 Å². The van der Waals surface area contributed by atoms with Crippen molar-refractivity contribution >= 4 is 54.3 Å². The highest BCUT2D eigenvalue weighted by Crippen LogP contribution is 2.36. The molecule has 0 spiro atoms. The first kappa shape index (κ1) is 13.9. The average molecular weight is 375 g/mol. The fourth-order valence-corrected chi connectivity index (χ4v) is 3.89. The van der Waals surface area contributed by atoms with Crippen LogP contribution < -0.4 is 5.32 Å². The van der Waals surface area contributed by atoms with Gasteiger partial charge in [-0.1, -0.05) is 64.5 Å². The Morgan fingerprint density at radius 1 is 0.792 bits per heavy atom. The smallest absolute Gasteiger partial charge is 0.111 e. The van der Waals surface area contributed by atoms with Gasteiger partial charge in [0, 0.05) is 21.8 Å². The second kappa shape index (κ2) is 5.25. The predicted octanol–water partition coefficient (Wildman–Crippen LogP) is 5.63. The zero-order valence-corrected chi connectivity index (χ0v) is 14.5. The Kier molecular flexibility index (Phi) is 3.03. The summed E-state index contributed by atoms with van der Waals surface area (Å²) in [6.07, 6.45) is 4.25. The lowest BCUT2D eigenvalue weighted by molar-refractivity contribution is 0.917. The number of nitrogens with one attached hydrogen (secondary N) is 1. The van der Waals surface area contributed by atoms with Gasteiger partial charge >= 0.3 is 0 Å². The van der Waals surface area contributed by atoms with Crippen LogP contribution in [0.25, 0.3) is 38.4 Å². The third kappa shape index (κ3) is 1.95. The van der Waals surface area contributed by atoms with Gasteiger partial charge in [-0.15, -0.1) is 0 Å². The van der Waals surface area contributed by atoms with Crippen LogP contribution >= 0.6 is 15.9 Å². The van der Waals surface area contributed by atoms with Crippen LogP contribution in [-0.2, 0) is 0 Å². The molecule has 0 bridgehead atoms. The van der Waals surface area contributed by atoms with Gasteiger partial charge in [-0.2, -0.15) is 0 Å². The fraction of sp³-hybridized carbons (Fsp3) is 0.0476. The molecule has 3 aromatic carbocycles. The van der Waals surface area contributed by atoms with Crippen LogP contribution in [-0.4, -0.2) is 11.1 Å². The minimum Gasteiger partial charge on any atom is -0.367 e. The van der Waals surface area contributed by atoms with Crippen LogP contribution in [0.1, 0.15) is 0 Å². The van der Waals surface area contributed by atoms with Crippen molar-refractivity contribution in [2.24, 2.45) is 0 Å². The number of rotatable bonds is 1. The highest BCUT2D eigenvalue weighted by Gasteiger charge is 2.16. The third-order valence-corrected chi connectivity index (χ3v) is 5.21. The summed E-state index contributed by atoms with van der Waals surface area (Å²) < 4.78 is 3.49. The second-order valence-electron chi connectivity index (χ2n) is 6.05. The SMILES string of the molecule is BrC1=CC=C(n2c3ccccc3c3c4ccccc4ccc32)NC1. The number of aromatic nitrogens is 1. The van der Waals surface area contributed by atoms with Gasteiger partial charge in [0.15, 0.2) is 0 Å². The van der Waals surface area contributed by atoms with Gasteiger partial charge in [0.05, 0.1) is 11.0 Å². The molecule has 0 atom stereocenters. The van der Waals surface area contributed by atoms with E-state index in [2.05, 4.69) is 98.6 Å².